The van der Waals surface area contributed by atoms with Crippen LogP contribution in [0.2, 0.25) is 0 Å². The number of hydroxylamine groups is 2. The second-order valence-corrected chi connectivity index (χ2v) is 9.38. The molecule has 0 aliphatic carbocycles. The van der Waals surface area contributed by atoms with E-state index in [1.807, 2.05) is 69.2 Å². The topological polar surface area (TPSA) is 78.1 Å². The number of benzene rings is 1. The van der Waals surface area contributed by atoms with Gasteiger partial charge in [-0.1, -0.05) is 25.1 Å². The summed E-state index contributed by atoms with van der Waals surface area (Å²) >= 11 is 0. The van der Waals surface area contributed by atoms with E-state index in [2.05, 4.69) is 45.7 Å². The van der Waals surface area contributed by atoms with Crippen molar-refractivity contribution in [2.75, 3.05) is 0 Å². The summed E-state index contributed by atoms with van der Waals surface area (Å²) in [7, 11) is 1.96. The standard InChI is InChI=1S/C27H32N6O2/c1-6-25-29-15-16-32(25)22-12-10-20(11-13-22)24-18-30-26(31(24)5)23(17-21-9-7-8-14-28-21)33(19-34)35-27(2,3)4/h7-16,18-19,23H,6,17H2,1-5H3. The van der Waals surface area contributed by atoms with Gasteiger partial charge in [-0.2, -0.15) is 0 Å². The number of carbonyl (C=O) groups excluding carboxylic acids is 1. The average Bonchev–Trinajstić information content (AvgIpc) is 3.48. The summed E-state index contributed by atoms with van der Waals surface area (Å²) in [6.07, 6.45) is 9.43. The number of aromatic nitrogens is 5. The fourth-order valence-electron chi connectivity index (χ4n) is 4.11. The number of carbonyl (C=O) groups is 1. The molecule has 0 fully saturated rings. The summed E-state index contributed by atoms with van der Waals surface area (Å²) in [5, 5.41) is 1.36. The van der Waals surface area contributed by atoms with E-state index in [0.29, 0.717) is 12.2 Å². The van der Waals surface area contributed by atoms with Gasteiger partial charge in [0.05, 0.1) is 17.5 Å². The Morgan fingerprint density at radius 2 is 1.83 bits per heavy atom. The van der Waals surface area contributed by atoms with Gasteiger partial charge in [-0.3, -0.25) is 14.6 Å². The molecule has 0 bridgehead atoms. The lowest BCUT2D eigenvalue weighted by atomic mass is 10.1. The van der Waals surface area contributed by atoms with Crippen LogP contribution in [0.5, 0.6) is 0 Å². The zero-order valence-corrected chi connectivity index (χ0v) is 20.9. The lowest BCUT2D eigenvalue weighted by Crippen LogP contribution is -2.38. The predicted octanol–water partition coefficient (Wildman–Crippen LogP) is 4.70. The van der Waals surface area contributed by atoms with E-state index < -0.39 is 11.6 Å². The van der Waals surface area contributed by atoms with Crippen LogP contribution in [-0.2, 0) is 29.5 Å². The van der Waals surface area contributed by atoms with Gasteiger partial charge in [-0.15, -0.1) is 0 Å². The number of pyridine rings is 1. The SMILES string of the molecule is CCc1nccn1-c1ccc(-c2cnc(C(Cc3ccccn3)N(C=O)OC(C)(C)C)n2C)cc1. The van der Waals surface area contributed by atoms with E-state index in [-0.39, 0.29) is 0 Å². The normalized spacial score (nSPS) is 12.5. The summed E-state index contributed by atoms with van der Waals surface area (Å²) in [4.78, 5) is 31.7. The molecule has 1 unspecified atom stereocenters. The van der Waals surface area contributed by atoms with Crippen LogP contribution in [0.3, 0.4) is 0 Å². The molecule has 1 amide bonds. The molecule has 0 saturated heterocycles. The van der Waals surface area contributed by atoms with Crippen LogP contribution in [0, 0.1) is 0 Å². The largest absolute Gasteiger partial charge is 0.329 e. The minimum Gasteiger partial charge on any atom is -0.329 e. The minimum atomic E-state index is -0.544. The Labute approximate surface area is 206 Å². The molecule has 0 saturated carbocycles. The number of imidazole rings is 2. The molecule has 8 nitrogen and oxygen atoms in total. The third-order valence-electron chi connectivity index (χ3n) is 5.72. The van der Waals surface area contributed by atoms with Crippen LogP contribution in [-0.4, -0.2) is 41.2 Å². The first kappa shape index (κ1) is 24.3. The summed E-state index contributed by atoms with van der Waals surface area (Å²) < 4.78 is 4.10. The average molecular weight is 473 g/mol. The Bertz CT molecular complexity index is 1260. The summed E-state index contributed by atoms with van der Waals surface area (Å²) in [5.74, 6) is 1.74. The minimum absolute atomic E-state index is 0.447. The molecule has 3 heterocycles. The zero-order valence-electron chi connectivity index (χ0n) is 20.9. The van der Waals surface area contributed by atoms with Gasteiger partial charge >= 0.3 is 0 Å². The summed E-state index contributed by atoms with van der Waals surface area (Å²) in [6.45, 7) is 7.84. The lowest BCUT2D eigenvalue weighted by Gasteiger charge is -2.32. The molecule has 0 radical (unpaired) electrons. The number of amides is 1. The molecule has 1 aromatic carbocycles. The predicted molar refractivity (Wildman–Crippen MR) is 135 cm³/mol. The van der Waals surface area contributed by atoms with E-state index in [4.69, 9.17) is 9.82 Å². The first-order chi connectivity index (χ1) is 16.8. The number of nitrogens with zero attached hydrogens (tertiary/aromatic N) is 6. The number of rotatable bonds is 9. The molecule has 0 aliphatic rings. The zero-order chi connectivity index (χ0) is 25.0. The van der Waals surface area contributed by atoms with Gasteiger partial charge in [-0.25, -0.2) is 15.0 Å². The summed E-state index contributed by atoms with van der Waals surface area (Å²) in [6, 6.07) is 13.6. The van der Waals surface area contributed by atoms with Gasteiger partial charge in [0.25, 0.3) is 0 Å². The molecule has 0 N–H and O–H groups in total. The highest BCUT2D eigenvalue weighted by molar-refractivity contribution is 5.61. The van der Waals surface area contributed by atoms with Crippen molar-refractivity contribution in [2.45, 2.75) is 52.2 Å². The van der Waals surface area contributed by atoms with E-state index in [0.717, 1.165) is 41.3 Å². The van der Waals surface area contributed by atoms with Crippen LogP contribution in [0.1, 0.15) is 51.1 Å². The fourth-order valence-corrected chi connectivity index (χ4v) is 4.11. The van der Waals surface area contributed by atoms with E-state index in [1.54, 1.807) is 6.20 Å². The first-order valence-electron chi connectivity index (χ1n) is 11.8. The number of aryl methyl sites for hydroxylation is 1. The van der Waals surface area contributed by atoms with E-state index in [9.17, 15) is 4.79 Å². The van der Waals surface area contributed by atoms with Crippen molar-refractivity contribution in [1.82, 2.24) is 29.1 Å². The highest BCUT2D eigenvalue weighted by Crippen LogP contribution is 2.29. The molecule has 4 rings (SSSR count). The maximum absolute atomic E-state index is 12.1. The second kappa shape index (κ2) is 10.2. The third kappa shape index (κ3) is 5.49. The van der Waals surface area contributed by atoms with Crippen LogP contribution in [0.25, 0.3) is 16.9 Å². The first-order valence-corrected chi connectivity index (χ1v) is 11.8. The number of hydrogen-bond acceptors (Lipinski definition) is 5. The highest BCUT2D eigenvalue weighted by atomic mass is 16.7. The van der Waals surface area contributed by atoms with Crippen molar-refractivity contribution < 1.29 is 9.63 Å². The van der Waals surface area contributed by atoms with Crippen molar-refractivity contribution in [3.63, 3.8) is 0 Å². The van der Waals surface area contributed by atoms with Crippen LogP contribution < -0.4 is 0 Å². The summed E-state index contributed by atoms with van der Waals surface area (Å²) in [5.41, 5.74) is 3.34. The van der Waals surface area contributed by atoms with Gasteiger partial charge < -0.3 is 9.13 Å². The molecule has 0 aliphatic heterocycles. The maximum Gasteiger partial charge on any atom is 0.234 e. The lowest BCUT2D eigenvalue weighted by molar-refractivity contribution is -0.235. The Morgan fingerprint density at radius 3 is 2.46 bits per heavy atom. The molecular weight excluding hydrogens is 440 g/mol. The third-order valence-corrected chi connectivity index (χ3v) is 5.72. The molecule has 182 valence electrons. The molecule has 3 aromatic heterocycles. The Kier molecular flexibility index (Phi) is 7.12. The number of hydrogen-bond donors (Lipinski definition) is 0. The van der Waals surface area contributed by atoms with Crippen LogP contribution in [0.4, 0.5) is 0 Å². The molecular formula is C27H32N6O2. The Morgan fingerprint density at radius 1 is 1.06 bits per heavy atom. The smallest absolute Gasteiger partial charge is 0.234 e. The van der Waals surface area contributed by atoms with Gasteiger partial charge in [0.2, 0.25) is 6.41 Å². The van der Waals surface area contributed by atoms with Gasteiger partial charge in [-0.05, 0) is 50.6 Å². The van der Waals surface area contributed by atoms with Crippen molar-refractivity contribution in [1.29, 1.82) is 0 Å². The second-order valence-electron chi connectivity index (χ2n) is 9.38. The van der Waals surface area contributed by atoms with Crippen molar-refractivity contribution in [3.05, 3.63) is 84.6 Å². The molecule has 8 heteroatoms. The monoisotopic (exact) mass is 472 g/mol. The van der Waals surface area contributed by atoms with Gasteiger partial charge in [0.1, 0.15) is 17.7 Å². The molecule has 1 atom stereocenters. The molecule has 4 aromatic rings. The maximum atomic E-state index is 12.1. The highest BCUT2D eigenvalue weighted by Gasteiger charge is 2.29. The van der Waals surface area contributed by atoms with Crippen LogP contribution >= 0.6 is 0 Å². The molecule has 35 heavy (non-hydrogen) atoms. The Balaban J connectivity index is 1.68. The Hall–Kier alpha value is -3.78. The van der Waals surface area contributed by atoms with Crippen molar-refractivity contribution >= 4 is 6.41 Å². The fraction of sp³-hybridized carbons (Fsp3) is 0.333. The quantitative estimate of drug-likeness (QED) is 0.261. The van der Waals surface area contributed by atoms with Gasteiger partial charge in [0, 0.05) is 49.9 Å². The molecule has 0 spiro atoms. The van der Waals surface area contributed by atoms with Crippen molar-refractivity contribution in [2.24, 2.45) is 7.05 Å². The van der Waals surface area contributed by atoms with Crippen molar-refractivity contribution in [3.8, 4) is 16.9 Å². The van der Waals surface area contributed by atoms with E-state index in [1.165, 1.54) is 5.06 Å². The van der Waals surface area contributed by atoms with E-state index >= 15 is 0 Å². The van der Waals surface area contributed by atoms with Gasteiger partial charge in [0.15, 0.2) is 0 Å². The van der Waals surface area contributed by atoms with Crippen LogP contribution in [0.15, 0.2) is 67.3 Å².